The summed E-state index contributed by atoms with van der Waals surface area (Å²) in [6.07, 6.45) is 1.09. The average Bonchev–Trinajstić information content (AvgIpc) is 1.83. The van der Waals surface area contributed by atoms with Crippen LogP contribution in [0.15, 0.2) is 0 Å². The van der Waals surface area contributed by atoms with E-state index in [4.69, 9.17) is 4.84 Å². The van der Waals surface area contributed by atoms with Crippen molar-refractivity contribution in [2.24, 2.45) is 0 Å². The Labute approximate surface area is 51.4 Å². The van der Waals surface area contributed by atoms with Crippen LogP contribution in [-0.4, -0.2) is 25.3 Å². The zero-order valence-electron chi connectivity index (χ0n) is 5.98. The summed E-state index contributed by atoms with van der Waals surface area (Å²) in [5.41, 5.74) is 0. The van der Waals surface area contributed by atoms with Gasteiger partial charge >= 0.3 is 0 Å². The summed E-state index contributed by atoms with van der Waals surface area (Å²) in [6.45, 7) is 5.96. The van der Waals surface area contributed by atoms with E-state index < -0.39 is 0 Å². The van der Waals surface area contributed by atoms with Gasteiger partial charge in [0, 0.05) is 13.6 Å². The lowest BCUT2D eigenvalue weighted by molar-refractivity contribution is -0.135. The highest BCUT2D eigenvalue weighted by Gasteiger charge is 1.88. The van der Waals surface area contributed by atoms with E-state index in [2.05, 4.69) is 13.8 Å². The largest absolute Gasteiger partial charge is 0.299 e. The van der Waals surface area contributed by atoms with Gasteiger partial charge in [-0.3, -0.25) is 4.84 Å². The molecule has 0 radical (unpaired) electrons. The van der Waals surface area contributed by atoms with Crippen LogP contribution in [0.4, 0.5) is 0 Å². The van der Waals surface area contributed by atoms with Crippen LogP contribution in [-0.2, 0) is 4.84 Å². The van der Waals surface area contributed by atoms with Gasteiger partial charge in [0.05, 0.1) is 6.61 Å². The topological polar surface area (TPSA) is 12.5 Å². The number of hydrogen-bond acceptors (Lipinski definition) is 2. The highest BCUT2D eigenvalue weighted by molar-refractivity contribution is 4.25. The van der Waals surface area contributed by atoms with Crippen LogP contribution in [0, 0.1) is 0 Å². The lowest BCUT2D eigenvalue weighted by atomic mass is 10.5. The fourth-order valence-electron chi connectivity index (χ4n) is 0.338. The van der Waals surface area contributed by atoms with Crippen molar-refractivity contribution in [2.45, 2.75) is 20.3 Å². The van der Waals surface area contributed by atoms with Gasteiger partial charge in [-0.05, 0) is 6.42 Å². The number of hydroxylamine groups is 2. The van der Waals surface area contributed by atoms with Gasteiger partial charge < -0.3 is 0 Å². The molecule has 0 heterocycles. The summed E-state index contributed by atoms with van der Waals surface area (Å²) in [5, 5.41) is 1.84. The first-order chi connectivity index (χ1) is 3.81. The molecular weight excluding hydrogens is 102 g/mol. The first kappa shape index (κ1) is 7.92. The van der Waals surface area contributed by atoms with Crippen LogP contribution < -0.4 is 0 Å². The molecule has 0 bridgehead atoms. The van der Waals surface area contributed by atoms with Crippen molar-refractivity contribution in [1.29, 1.82) is 0 Å². The third kappa shape index (κ3) is 4.09. The molecule has 0 aromatic carbocycles. The fourth-order valence-corrected chi connectivity index (χ4v) is 0.338. The maximum absolute atomic E-state index is 5.17. The van der Waals surface area contributed by atoms with Gasteiger partial charge in [0.25, 0.3) is 0 Å². The van der Waals surface area contributed by atoms with E-state index in [0.29, 0.717) is 0 Å². The van der Waals surface area contributed by atoms with E-state index >= 15 is 0 Å². The second-order valence-electron chi connectivity index (χ2n) is 1.78. The smallest absolute Gasteiger partial charge is 0.0682 e. The Kier molecular flexibility index (Phi) is 5.01. The Balaban J connectivity index is 2.86. The lowest BCUT2D eigenvalue weighted by Crippen LogP contribution is -2.18. The normalized spacial score (nSPS) is 10.5. The average molecular weight is 117 g/mol. The zero-order valence-corrected chi connectivity index (χ0v) is 5.98. The molecule has 2 heteroatoms. The van der Waals surface area contributed by atoms with Gasteiger partial charge in [0.1, 0.15) is 0 Å². The fraction of sp³-hybridized carbons (Fsp3) is 1.00. The van der Waals surface area contributed by atoms with Crippen molar-refractivity contribution in [3.8, 4) is 0 Å². The summed E-state index contributed by atoms with van der Waals surface area (Å²) in [5.74, 6) is 0. The van der Waals surface area contributed by atoms with Gasteiger partial charge in [-0.15, -0.1) is 0 Å². The summed E-state index contributed by atoms with van der Waals surface area (Å²) in [4.78, 5) is 5.17. The van der Waals surface area contributed by atoms with E-state index in [-0.39, 0.29) is 0 Å². The summed E-state index contributed by atoms with van der Waals surface area (Å²) in [6, 6.07) is 0. The molecule has 0 aliphatic rings. The Morgan fingerprint density at radius 3 is 2.38 bits per heavy atom. The van der Waals surface area contributed by atoms with Crippen molar-refractivity contribution in [3.05, 3.63) is 0 Å². The van der Waals surface area contributed by atoms with E-state index in [1.54, 1.807) is 0 Å². The van der Waals surface area contributed by atoms with Gasteiger partial charge in [-0.25, -0.2) is 0 Å². The van der Waals surface area contributed by atoms with Crippen LogP contribution in [0.5, 0.6) is 0 Å². The number of hydrogen-bond donors (Lipinski definition) is 0. The molecule has 0 aliphatic carbocycles. The van der Waals surface area contributed by atoms with E-state index in [0.717, 1.165) is 19.6 Å². The lowest BCUT2D eigenvalue weighted by Gasteiger charge is -2.12. The number of nitrogens with zero attached hydrogens (tertiary/aromatic N) is 1. The van der Waals surface area contributed by atoms with Crippen LogP contribution in [0.1, 0.15) is 20.3 Å². The van der Waals surface area contributed by atoms with Crippen LogP contribution >= 0.6 is 0 Å². The van der Waals surface area contributed by atoms with E-state index in [1.807, 2.05) is 12.1 Å². The molecule has 0 fully saturated rings. The Hall–Kier alpha value is -0.0800. The molecule has 0 aromatic heterocycles. The molecule has 8 heavy (non-hydrogen) atoms. The molecule has 0 aliphatic heterocycles. The van der Waals surface area contributed by atoms with Crippen molar-refractivity contribution < 1.29 is 4.84 Å². The molecule has 0 N–H and O–H groups in total. The molecule has 0 saturated heterocycles. The third-order valence-corrected chi connectivity index (χ3v) is 0.961. The molecule has 0 aromatic rings. The standard InChI is InChI=1S/C6H15NO/c1-4-6-8-7(3)5-2/h4-6H2,1-3H3. The monoisotopic (exact) mass is 117 g/mol. The molecule has 0 rings (SSSR count). The molecule has 0 unspecified atom stereocenters. The van der Waals surface area contributed by atoms with Crippen LogP contribution in [0.2, 0.25) is 0 Å². The van der Waals surface area contributed by atoms with E-state index in [9.17, 15) is 0 Å². The summed E-state index contributed by atoms with van der Waals surface area (Å²) >= 11 is 0. The van der Waals surface area contributed by atoms with Gasteiger partial charge in [0.15, 0.2) is 0 Å². The van der Waals surface area contributed by atoms with Gasteiger partial charge in [-0.2, -0.15) is 5.06 Å². The Bertz CT molecular complexity index is 47.8. The van der Waals surface area contributed by atoms with Crippen LogP contribution in [0.3, 0.4) is 0 Å². The second-order valence-corrected chi connectivity index (χ2v) is 1.78. The molecule has 2 nitrogen and oxygen atoms in total. The second kappa shape index (κ2) is 5.06. The van der Waals surface area contributed by atoms with Crippen molar-refractivity contribution in [2.75, 3.05) is 20.2 Å². The van der Waals surface area contributed by atoms with Crippen molar-refractivity contribution in [3.63, 3.8) is 0 Å². The SMILES string of the molecule is CCCON(C)CC. The van der Waals surface area contributed by atoms with Gasteiger partial charge in [0.2, 0.25) is 0 Å². The van der Waals surface area contributed by atoms with E-state index in [1.165, 1.54) is 0 Å². The summed E-state index contributed by atoms with van der Waals surface area (Å²) in [7, 11) is 1.94. The minimum absolute atomic E-state index is 0.838. The quantitative estimate of drug-likeness (QED) is 0.514. The molecule has 0 saturated carbocycles. The maximum atomic E-state index is 5.17. The molecule has 0 atom stereocenters. The molecule has 50 valence electrons. The first-order valence-electron chi connectivity index (χ1n) is 3.15. The predicted molar refractivity (Wildman–Crippen MR) is 34.5 cm³/mol. The minimum Gasteiger partial charge on any atom is -0.299 e. The molecule has 0 amide bonds. The molecule has 0 spiro atoms. The third-order valence-electron chi connectivity index (χ3n) is 0.961. The minimum atomic E-state index is 0.838. The highest BCUT2D eigenvalue weighted by atomic mass is 16.7. The molecular formula is C6H15NO. The van der Waals surface area contributed by atoms with Crippen molar-refractivity contribution in [1.82, 2.24) is 5.06 Å². The van der Waals surface area contributed by atoms with Crippen LogP contribution in [0.25, 0.3) is 0 Å². The Morgan fingerprint density at radius 2 is 2.00 bits per heavy atom. The van der Waals surface area contributed by atoms with Crippen molar-refractivity contribution >= 4 is 0 Å². The highest BCUT2D eigenvalue weighted by Crippen LogP contribution is 1.84. The maximum Gasteiger partial charge on any atom is 0.0682 e. The van der Waals surface area contributed by atoms with Gasteiger partial charge in [-0.1, -0.05) is 13.8 Å². The Morgan fingerprint density at radius 1 is 1.38 bits per heavy atom. The first-order valence-corrected chi connectivity index (χ1v) is 3.15. The predicted octanol–water partition coefficient (Wildman–Crippen LogP) is 1.28. The number of rotatable bonds is 4. The summed E-state index contributed by atoms with van der Waals surface area (Å²) < 4.78 is 0. The zero-order chi connectivity index (χ0) is 6.41.